The number of carbonyl (C=O) groups excluding carboxylic acids is 3. The van der Waals surface area contributed by atoms with Crippen LogP contribution < -0.4 is 5.32 Å². The molecule has 1 heterocycles. The number of rotatable bonds is 5. The molecule has 6 nitrogen and oxygen atoms in total. The standard InChI is InChI=1S/C15H18N2O4/c1-9(2)12(13(19)16-7-8-18)17-14(20)10-5-3-4-6-11(10)15(17)21/h3-6,9,12,18H,7-8H2,1-2H3,(H,16,19). The number of carbonyl (C=O) groups is 3. The summed E-state index contributed by atoms with van der Waals surface area (Å²) in [6.07, 6.45) is 0. The van der Waals surface area contributed by atoms with Crippen molar-refractivity contribution >= 4 is 17.7 Å². The third kappa shape index (κ3) is 2.67. The Morgan fingerprint density at radius 3 is 2.14 bits per heavy atom. The van der Waals surface area contributed by atoms with E-state index >= 15 is 0 Å². The normalized spacial score (nSPS) is 15.3. The maximum absolute atomic E-state index is 12.4. The number of hydrogen-bond acceptors (Lipinski definition) is 4. The van der Waals surface area contributed by atoms with Crippen LogP contribution in [0.5, 0.6) is 0 Å². The monoisotopic (exact) mass is 290 g/mol. The van der Waals surface area contributed by atoms with Gasteiger partial charge in [-0.15, -0.1) is 0 Å². The Morgan fingerprint density at radius 1 is 1.19 bits per heavy atom. The summed E-state index contributed by atoms with van der Waals surface area (Å²) >= 11 is 0. The summed E-state index contributed by atoms with van der Waals surface area (Å²) in [5, 5.41) is 11.3. The number of aliphatic hydroxyl groups excluding tert-OH is 1. The second-order valence-corrected chi connectivity index (χ2v) is 5.23. The van der Waals surface area contributed by atoms with Gasteiger partial charge in [0.2, 0.25) is 5.91 Å². The topological polar surface area (TPSA) is 86.7 Å². The zero-order valence-electron chi connectivity index (χ0n) is 12.0. The molecular weight excluding hydrogens is 272 g/mol. The maximum Gasteiger partial charge on any atom is 0.262 e. The molecular formula is C15H18N2O4. The summed E-state index contributed by atoms with van der Waals surface area (Å²) in [7, 11) is 0. The SMILES string of the molecule is CC(C)C(C(=O)NCCO)N1C(=O)c2ccccc2C1=O. The average molecular weight is 290 g/mol. The first-order valence-corrected chi connectivity index (χ1v) is 6.84. The van der Waals surface area contributed by atoms with Crippen LogP contribution >= 0.6 is 0 Å². The van der Waals surface area contributed by atoms with Gasteiger partial charge in [-0.05, 0) is 18.1 Å². The van der Waals surface area contributed by atoms with Gasteiger partial charge in [0.25, 0.3) is 11.8 Å². The molecule has 3 amide bonds. The van der Waals surface area contributed by atoms with Crippen molar-refractivity contribution in [3.8, 4) is 0 Å². The summed E-state index contributed by atoms with van der Waals surface area (Å²) in [6.45, 7) is 3.43. The summed E-state index contributed by atoms with van der Waals surface area (Å²) in [4.78, 5) is 38.0. The Balaban J connectivity index is 2.33. The molecule has 6 heteroatoms. The van der Waals surface area contributed by atoms with Crippen LogP contribution in [0.25, 0.3) is 0 Å². The molecule has 21 heavy (non-hydrogen) atoms. The van der Waals surface area contributed by atoms with Crippen molar-refractivity contribution in [3.05, 3.63) is 35.4 Å². The molecule has 0 saturated heterocycles. The molecule has 1 unspecified atom stereocenters. The Kier molecular flexibility index (Phi) is 4.37. The van der Waals surface area contributed by atoms with Gasteiger partial charge >= 0.3 is 0 Å². The van der Waals surface area contributed by atoms with Gasteiger partial charge in [-0.3, -0.25) is 19.3 Å². The minimum Gasteiger partial charge on any atom is -0.395 e. The van der Waals surface area contributed by atoms with Gasteiger partial charge in [0.1, 0.15) is 6.04 Å². The highest BCUT2D eigenvalue weighted by Crippen LogP contribution is 2.27. The summed E-state index contributed by atoms with van der Waals surface area (Å²) < 4.78 is 0. The van der Waals surface area contributed by atoms with E-state index in [4.69, 9.17) is 5.11 Å². The van der Waals surface area contributed by atoms with Gasteiger partial charge < -0.3 is 10.4 Å². The van der Waals surface area contributed by atoms with E-state index in [1.54, 1.807) is 38.1 Å². The van der Waals surface area contributed by atoms with Gasteiger partial charge in [0.15, 0.2) is 0 Å². The number of aliphatic hydroxyl groups is 1. The molecule has 1 aromatic carbocycles. The average Bonchev–Trinajstić information content (AvgIpc) is 2.71. The van der Waals surface area contributed by atoms with Crippen molar-refractivity contribution in [3.63, 3.8) is 0 Å². The lowest BCUT2D eigenvalue weighted by molar-refractivity contribution is -0.126. The summed E-state index contributed by atoms with van der Waals surface area (Å²) in [5.41, 5.74) is 0.645. The second-order valence-electron chi connectivity index (χ2n) is 5.23. The molecule has 1 aliphatic rings. The molecule has 0 spiro atoms. The molecule has 0 fully saturated rings. The van der Waals surface area contributed by atoms with Crippen molar-refractivity contribution in [2.24, 2.45) is 5.92 Å². The molecule has 1 aromatic rings. The van der Waals surface area contributed by atoms with Gasteiger partial charge in [-0.25, -0.2) is 0 Å². The highest BCUT2D eigenvalue weighted by Gasteiger charge is 2.43. The molecule has 0 aliphatic carbocycles. The Labute approximate surface area is 122 Å². The fraction of sp³-hybridized carbons (Fsp3) is 0.400. The summed E-state index contributed by atoms with van der Waals surface area (Å²) in [6, 6.07) is 5.65. The minimum absolute atomic E-state index is 0.0885. The van der Waals surface area contributed by atoms with Gasteiger partial charge in [0, 0.05) is 6.54 Å². The molecule has 0 radical (unpaired) electrons. The molecule has 1 aliphatic heterocycles. The molecule has 1 atom stereocenters. The zero-order chi connectivity index (χ0) is 15.6. The number of imide groups is 1. The van der Waals surface area contributed by atoms with Crippen LogP contribution in [0.1, 0.15) is 34.6 Å². The number of fused-ring (bicyclic) bond motifs is 1. The Bertz CT molecular complexity index is 548. The van der Waals surface area contributed by atoms with Crippen molar-refractivity contribution in [2.75, 3.05) is 13.2 Å². The van der Waals surface area contributed by atoms with Crippen LogP contribution in [0.4, 0.5) is 0 Å². The van der Waals surface area contributed by atoms with Crippen LogP contribution in [0, 0.1) is 5.92 Å². The van der Waals surface area contributed by atoms with Gasteiger partial charge in [-0.1, -0.05) is 26.0 Å². The predicted octanol–water partition coefficient (Wildman–Crippen LogP) is 0.416. The highest BCUT2D eigenvalue weighted by molar-refractivity contribution is 6.22. The first-order chi connectivity index (χ1) is 9.99. The number of nitrogens with zero attached hydrogens (tertiary/aromatic N) is 1. The number of hydrogen-bond donors (Lipinski definition) is 2. The molecule has 2 rings (SSSR count). The lowest BCUT2D eigenvalue weighted by Gasteiger charge is -2.28. The fourth-order valence-corrected chi connectivity index (χ4v) is 2.46. The van der Waals surface area contributed by atoms with Crippen molar-refractivity contribution in [1.29, 1.82) is 0 Å². The summed E-state index contributed by atoms with van der Waals surface area (Å²) in [5.74, 6) is -1.57. The smallest absolute Gasteiger partial charge is 0.262 e. The van der Waals surface area contributed by atoms with E-state index in [1.807, 2.05) is 0 Å². The zero-order valence-corrected chi connectivity index (χ0v) is 12.0. The first-order valence-electron chi connectivity index (χ1n) is 6.84. The quantitative estimate of drug-likeness (QED) is 0.769. The first kappa shape index (κ1) is 15.2. The van der Waals surface area contributed by atoms with E-state index in [0.717, 1.165) is 4.90 Å². The third-order valence-corrected chi connectivity index (χ3v) is 3.41. The van der Waals surface area contributed by atoms with Crippen molar-refractivity contribution in [1.82, 2.24) is 10.2 Å². The molecule has 0 bridgehead atoms. The fourth-order valence-electron chi connectivity index (χ4n) is 2.46. The van der Waals surface area contributed by atoms with Crippen LogP contribution in [0.3, 0.4) is 0 Å². The van der Waals surface area contributed by atoms with Crippen LogP contribution in [-0.4, -0.2) is 46.9 Å². The lowest BCUT2D eigenvalue weighted by atomic mass is 10.0. The largest absolute Gasteiger partial charge is 0.395 e. The van der Waals surface area contributed by atoms with E-state index in [2.05, 4.69) is 5.32 Å². The molecule has 0 aromatic heterocycles. The highest BCUT2D eigenvalue weighted by atomic mass is 16.3. The van der Waals surface area contributed by atoms with E-state index in [1.165, 1.54) is 0 Å². The Hall–Kier alpha value is -2.21. The van der Waals surface area contributed by atoms with Crippen LogP contribution in [-0.2, 0) is 4.79 Å². The molecule has 0 saturated carbocycles. The number of benzene rings is 1. The number of amides is 3. The molecule has 112 valence electrons. The minimum atomic E-state index is -0.885. The maximum atomic E-state index is 12.4. The van der Waals surface area contributed by atoms with Gasteiger partial charge in [-0.2, -0.15) is 0 Å². The van der Waals surface area contributed by atoms with E-state index in [-0.39, 0.29) is 19.1 Å². The lowest BCUT2D eigenvalue weighted by Crippen LogP contribution is -2.52. The van der Waals surface area contributed by atoms with E-state index in [9.17, 15) is 14.4 Å². The third-order valence-electron chi connectivity index (χ3n) is 3.41. The van der Waals surface area contributed by atoms with Gasteiger partial charge in [0.05, 0.1) is 17.7 Å². The van der Waals surface area contributed by atoms with E-state index < -0.39 is 23.8 Å². The van der Waals surface area contributed by atoms with Crippen molar-refractivity contribution < 1.29 is 19.5 Å². The van der Waals surface area contributed by atoms with Crippen LogP contribution in [0.15, 0.2) is 24.3 Å². The Morgan fingerprint density at radius 2 is 1.71 bits per heavy atom. The number of nitrogens with one attached hydrogen (secondary N) is 1. The van der Waals surface area contributed by atoms with Crippen LogP contribution in [0.2, 0.25) is 0 Å². The van der Waals surface area contributed by atoms with Crippen molar-refractivity contribution in [2.45, 2.75) is 19.9 Å². The molecule has 2 N–H and O–H groups in total. The predicted molar refractivity (Wildman–Crippen MR) is 75.7 cm³/mol. The second kappa shape index (κ2) is 6.05. The van der Waals surface area contributed by atoms with E-state index in [0.29, 0.717) is 11.1 Å².